The Morgan fingerprint density at radius 3 is 2.17 bits per heavy atom. The second-order valence-electron chi connectivity index (χ2n) is 7.81. The summed E-state index contributed by atoms with van der Waals surface area (Å²) >= 11 is 1.39. The number of carboxylic acid groups (broad SMARTS) is 1. The summed E-state index contributed by atoms with van der Waals surface area (Å²) < 4.78 is 5.69. The van der Waals surface area contributed by atoms with Crippen LogP contribution in [0.3, 0.4) is 0 Å². The van der Waals surface area contributed by atoms with Gasteiger partial charge in [0.05, 0.1) is 6.61 Å². The summed E-state index contributed by atoms with van der Waals surface area (Å²) in [5.74, 6) is -1.14. The van der Waals surface area contributed by atoms with E-state index in [1.807, 2.05) is 54.6 Å². The van der Waals surface area contributed by atoms with Gasteiger partial charge in [-0.3, -0.25) is 9.59 Å². The van der Waals surface area contributed by atoms with Crippen molar-refractivity contribution in [2.45, 2.75) is 29.9 Å². The van der Waals surface area contributed by atoms with Crippen molar-refractivity contribution < 1.29 is 24.2 Å². The maximum absolute atomic E-state index is 13.3. The predicted octanol–water partition coefficient (Wildman–Crippen LogP) is 5.92. The van der Waals surface area contributed by atoms with Crippen LogP contribution in [0.2, 0.25) is 0 Å². The van der Waals surface area contributed by atoms with Crippen molar-refractivity contribution >= 4 is 40.9 Å². The Morgan fingerprint density at radius 2 is 1.53 bits per heavy atom. The van der Waals surface area contributed by atoms with Gasteiger partial charge >= 0.3 is 5.97 Å². The van der Waals surface area contributed by atoms with E-state index in [9.17, 15) is 14.4 Å². The fourth-order valence-electron chi connectivity index (χ4n) is 3.16. The number of carbonyl (C=O) groups is 3. The molecule has 1 unspecified atom stereocenters. The SMILES string of the molecule is CCCCOc1ccc(NC(=O)C(Sc2ccc(NC(=O)/C=C/C(=O)O)cc2)c2ccccc2)cc1. The number of ether oxygens (including phenoxy) is 1. The van der Waals surface area contributed by atoms with Gasteiger partial charge in [0, 0.05) is 28.4 Å². The lowest BCUT2D eigenvalue weighted by molar-refractivity contribution is -0.131. The van der Waals surface area contributed by atoms with Crippen LogP contribution >= 0.6 is 11.8 Å². The van der Waals surface area contributed by atoms with E-state index >= 15 is 0 Å². The number of benzene rings is 3. The lowest BCUT2D eigenvalue weighted by Gasteiger charge is -2.17. The van der Waals surface area contributed by atoms with Crippen molar-refractivity contribution in [2.24, 2.45) is 0 Å². The van der Waals surface area contributed by atoms with Crippen LogP contribution in [0.25, 0.3) is 0 Å². The summed E-state index contributed by atoms with van der Waals surface area (Å²) in [5, 5.41) is 13.7. The van der Waals surface area contributed by atoms with Crippen molar-refractivity contribution in [1.29, 1.82) is 0 Å². The quantitative estimate of drug-likeness (QED) is 0.161. The summed E-state index contributed by atoms with van der Waals surface area (Å²) in [4.78, 5) is 36.4. The first-order chi connectivity index (χ1) is 17.4. The topological polar surface area (TPSA) is 105 Å². The molecule has 0 bridgehead atoms. The zero-order chi connectivity index (χ0) is 25.8. The Labute approximate surface area is 214 Å². The third-order valence-electron chi connectivity index (χ3n) is 4.98. The van der Waals surface area contributed by atoms with Crippen molar-refractivity contribution in [3.05, 3.63) is 96.6 Å². The van der Waals surface area contributed by atoms with Crippen LogP contribution < -0.4 is 15.4 Å². The van der Waals surface area contributed by atoms with Crippen molar-refractivity contribution in [3.8, 4) is 5.75 Å². The minimum absolute atomic E-state index is 0.165. The monoisotopic (exact) mass is 504 g/mol. The molecule has 36 heavy (non-hydrogen) atoms. The fraction of sp³-hybridized carbons (Fsp3) is 0.179. The Balaban J connectivity index is 1.68. The molecule has 1 atom stereocenters. The number of rotatable bonds is 12. The number of carbonyl (C=O) groups excluding carboxylic acids is 2. The molecule has 0 aliphatic rings. The van der Waals surface area contributed by atoms with Crippen molar-refractivity contribution in [2.75, 3.05) is 17.2 Å². The molecule has 3 aromatic carbocycles. The lowest BCUT2D eigenvalue weighted by atomic mass is 10.1. The first kappa shape index (κ1) is 26.6. The molecule has 0 aromatic heterocycles. The van der Waals surface area contributed by atoms with Gasteiger partial charge in [0.2, 0.25) is 11.8 Å². The second kappa shape index (κ2) is 13.7. The number of hydrogen-bond donors (Lipinski definition) is 3. The molecule has 0 aliphatic carbocycles. The highest BCUT2D eigenvalue weighted by atomic mass is 32.2. The lowest BCUT2D eigenvalue weighted by Crippen LogP contribution is -2.19. The summed E-state index contributed by atoms with van der Waals surface area (Å²) in [6.45, 7) is 2.77. The molecular formula is C28H28N2O5S. The van der Waals surface area contributed by atoms with Gasteiger partial charge in [-0.05, 0) is 60.5 Å². The predicted molar refractivity (Wildman–Crippen MR) is 142 cm³/mol. The van der Waals surface area contributed by atoms with Gasteiger partial charge < -0.3 is 20.5 Å². The Kier molecular flexibility index (Phi) is 10.1. The highest BCUT2D eigenvalue weighted by Crippen LogP contribution is 2.36. The minimum atomic E-state index is -1.20. The normalized spacial score (nSPS) is 11.6. The van der Waals surface area contributed by atoms with E-state index in [-0.39, 0.29) is 5.91 Å². The Hall–Kier alpha value is -4.04. The van der Waals surface area contributed by atoms with Gasteiger partial charge in [0.1, 0.15) is 11.0 Å². The number of hydrogen-bond acceptors (Lipinski definition) is 5. The number of anilines is 2. The van der Waals surface area contributed by atoms with Gasteiger partial charge in [-0.15, -0.1) is 11.8 Å². The van der Waals surface area contributed by atoms with Crippen LogP contribution in [0.4, 0.5) is 11.4 Å². The fourth-order valence-corrected chi connectivity index (χ4v) is 4.19. The van der Waals surface area contributed by atoms with Crippen LogP contribution in [0.1, 0.15) is 30.6 Å². The first-order valence-corrected chi connectivity index (χ1v) is 12.4. The third-order valence-corrected chi connectivity index (χ3v) is 6.25. The highest BCUT2D eigenvalue weighted by molar-refractivity contribution is 8.00. The summed E-state index contributed by atoms with van der Waals surface area (Å²) in [6.07, 6.45) is 3.78. The summed E-state index contributed by atoms with van der Waals surface area (Å²) in [6, 6.07) is 23.8. The van der Waals surface area contributed by atoms with Crippen LogP contribution in [-0.2, 0) is 14.4 Å². The number of thioether (sulfide) groups is 1. The third kappa shape index (κ3) is 8.63. The van der Waals surface area contributed by atoms with Gasteiger partial charge in [-0.25, -0.2) is 4.79 Å². The molecule has 0 spiro atoms. The summed E-state index contributed by atoms with van der Waals surface area (Å²) in [7, 11) is 0. The molecule has 3 rings (SSSR count). The number of amides is 2. The molecule has 2 amide bonds. The minimum Gasteiger partial charge on any atom is -0.494 e. The first-order valence-electron chi connectivity index (χ1n) is 11.5. The smallest absolute Gasteiger partial charge is 0.328 e. The number of unbranched alkanes of at least 4 members (excludes halogenated alkanes) is 1. The molecule has 0 fully saturated rings. The Morgan fingerprint density at radius 1 is 0.889 bits per heavy atom. The maximum atomic E-state index is 13.3. The maximum Gasteiger partial charge on any atom is 0.328 e. The van der Waals surface area contributed by atoms with Gasteiger partial charge in [-0.1, -0.05) is 43.7 Å². The molecule has 0 saturated carbocycles. The number of nitrogens with one attached hydrogen (secondary N) is 2. The molecule has 3 N–H and O–H groups in total. The van der Waals surface area contributed by atoms with E-state index in [1.54, 1.807) is 24.3 Å². The van der Waals surface area contributed by atoms with Crippen LogP contribution in [0.5, 0.6) is 5.75 Å². The zero-order valence-corrected chi connectivity index (χ0v) is 20.7. The van der Waals surface area contributed by atoms with Crippen LogP contribution in [0, 0.1) is 0 Å². The number of aliphatic carboxylic acids is 1. The van der Waals surface area contributed by atoms with Crippen LogP contribution in [-0.4, -0.2) is 29.5 Å². The van der Waals surface area contributed by atoms with Gasteiger partial charge in [0.15, 0.2) is 0 Å². The zero-order valence-electron chi connectivity index (χ0n) is 19.8. The molecule has 0 aliphatic heterocycles. The largest absolute Gasteiger partial charge is 0.494 e. The molecule has 3 aromatic rings. The van der Waals surface area contributed by atoms with Gasteiger partial charge in [0.25, 0.3) is 0 Å². The van der Waals surface area contributed by atoms with Crippen molar-refractivity contribution in [3.63, 3.8) is 0 Å². The van der Waals surface area contributed by atoms with E-state index in [0.717, 1.165) is 41.2 Å². The highest BCUT2D eigenvalue weighted by Gasteiger charge is 2.22. The van der Waals surface area contributed by atoms with Crippen LogP contribution in [0.15, 0.2) is 95.9 Å². The molecule has 186 valence electrons. The molecule has 0 saturated heterocycles. The van der Waals surface area contributed by atoms with E-state index in [0.29, 0.717) is 18.0 Å². The Bertz CT molecular complexity index is 1180. The van der Waals surface area contributed by atoms with E-state index < -0.39 is 17.1 Å². The standard InChI is InChI=1S/C28H28N2O5S/c1-2-3-19-35-23-13-9-22(10-14-23)30-28(34)27(20-7-5-4-6-8-20)36-24-15-11-21(12-16-24)29-25(31)17-18-26(32)33/h4-18,27H,2-3,19H2,1H3,(H,29,31)(H,30,34)(H,32,33)/b18-17+. The average molecular weight is 505 g/mol. The van der Waals surface area contributed by atoms with Crippen molar-refractivity contribution in [1.82, 2.24) is 0 Å². The molecule has 7 nitrogen and oxygen atoms in total. The van der Waals surface area contributed by atoms with Gasteiger partial charge in [-0.2, -0.15) is 0 Å². The van der Waals surface area contributed by atoms with E-state index in [4.69, 9.17) is 9.84 Å². The average Bonchev–Trinajstić information content (AvgIpc) is 2.88. The molecule has 0 heterocycles. The molecular weight excluding hydrogens is 476 g/mol. The van der Waals surface area contributed by atoms with E-state index in [2.05, 4.69) is 17.6 Å². The second-order valence-corrected chi connectivity index (χ2v) is 8.99. The summed E-state index contributed by atoms with van der Waals surface area (Å²) in [5.41, 5.74) is 2.05. The molecule has 0 radical (unpaired) electrons. The number of carboxylic acids is 1. The molecule has 8 heteroatoms. The van der Waals surface area contributed by atoms with E-state index in [1.165, 1.54) is 11.8 Å².